The first-order chi connectivity index (χ1) is 9.88. The lowest BCUT2D eigenvalue weighted by atomic mass is 10.3. The van der Waals surface area contributed by atoms with Crippen LogP contribution in [-0.4, -0.2) is 14.3 Å². The molecule has 0 radical (unpaired) electrons. The molecule has 0 aromatic heterocycles. The number of halogens is 1. The third-order valence-corrected chi connectivity index (χ3v) is 4.21. The van der Waals surface area contributed by atoms with Crippen LogP contribution >= 0.6 is 15.9 Å². The summed E-state index contributed by atoms with van der Waals surface area (Å²) in [5.74, 6) is -0.251. The van der Waals surface area contributed by atoms with Gasteiger partial charge in [0.15, 0.2) is 5.75 Å². The van der Waals surface area contributed by atoms with Gasteiger partial charge in [-0.05, 0) is 30.3 Å². The van der Waals surface area contributed by atoms with E-state index in [1.807, 2.05) is 0 Å². The average molecular weight is 370 g/mol. The van der Waals surface area contributed by atoms with Crippen molar-refractivity contribution in [2.24, 2.45) is 0 Å². The van der Waals surface area contributed by atoms with Gasteiger partial charge >= 0.3 is 10.1 Å². The fraction of sp³-hybridized carbons (Fsp3) is 0.0714. The Morgan fingerprint density at radius 2 is 1.86 bits per heavy atom. The van der Waals surface area contributed by atoms with E-state index in [1.54, 1.807) is 30.3 Å². The van der Waals surface area contributed by atoms with Crippen molar-refractivity contribution in [1.29, 1.82) is 0 Å². The second-order valence-electron chi connectivity index (χ2n) is 4.17. The van der Waals surface area contributed by atoms with Crippen LogP contribution < -0.4 is 9.50 Å². The number of rotatable bonds is 4. The van der Waals surface area contributed by atoms with Crippen molar-refractivity contribution in [3.8, 4) is 5.75 Å². The fourth-order valence-corrected chi connectivity index (χ4v) is 3.17. The number of hydrogen-bond acceptors (Lipinski definition) is 4. The molecule has 0 aliphatic carbocycles. The first kappa shape index (κ1) is 15.5. The second kappa shape index (κ2) is 6.28. The van der Waals surface area contributed by atoms with Crippen molar-refractivity contribution in [3.05, 3.63) is 53.0 Å². The summed E-state index contributed by atoms with van der Waals surface area (Å²) >= 11 is 3.21. The summed E-state index contributed by atoms with van der Waals surface area (Å²) in [7, 11) is -3.98. The topological polar surface area (TPSA) is 72.5 Å². The Morgan fingerprint density at radius 3 is 2.52 bits per heavy atom. The minimum absolute atomic E-state index is 0.0227. The number of benzene rings is 2. The molecule has 0 atom stereocenters. The van der Waals surface area contributed by atoms with Gasteiger partial charge in [0, 0.05) is 11.4 Å². The minimum Gasteiger partial charge on any atom is -0.377 e. The molecule has 1 N–H and O–H groups in total. The third kappa shape index (κ3) is 4.05. The van der Waals surface area contributed by atoms with Crippen molar-refractivity contribution in [2.75, 3.05) is 5.32 Å². The number of amides is 1. The van der Waals surface area contributed by atoms with E-state index in [1.165, 1.54) is 25.1 Å². The van der Waals surface area contributed by atoms with Crippen LogP contribution in [0.15, 0.2) is 57.9 Å². The number of carbonyl (C=O) groups is 1. The highest BCUT2D eigenvalue weighted by Gasteiger charge is 2.19. The number of para-hydroxylation sites is 2. The molecule has 0 saturated heterocycles. The zero-order valence-corrected chi connectivity index (χ0v) is 13.4. The SMILES string of the molecule is CC(=O)Nc1ccccc1OS(=O)(=O)c1cccc(Br)c1. The Kier molecular flexibility index (Phi) is 4.64. The molecule has 0 aliphatic heterocycles. The largest absolute Gasteiger partial charge is 0.377 e. The molecule has 1 amide bonds. The highest BCUT2D eigenvalue weighted by atomic mass is 79.9. The van der Waals surface area contributed by atoms with Gasteiger partial charge < -0.3 is 9.50 Å². The molecule has 110 valence electrons. The Labute approximate surface area is 131 Å². The van der Waals surface area contributed by atoms with E-state index in [2.05, 4.69) is 21.2 Å². The molecule has 0 spiro atoms. The summed E-state index contributed by atoms with van der Waals surface area (Å²) in [6.07, 6.45) is 0. The summed E-state index contributed by atoms with van der Waals surface area (Å²) in [6, 6.07) is 12.5. The molecule has 2 aromatic carbocycles. The third-order valence-electron chi connectivity index (χ3n) is 2.48. The van der Waals surface area contributed by atoms with E-state index in [9.17, 15) is 13.2 Å². The van der Waals surface area contributed by atoms with Crippen LogP contribution in [0.25, 0.3) is 0 Å². The first-order valence-corrected chi connectivity index (χ1v) is 8.15. The monoisotopic (exact) mass is 369 g/mol. The highest BCUT2D eigenvalue weighted by molar-refractivity contribution is 9.10. The molecular weight excluding hydrogens is 358 g/mol. The van der Waals surface area contributed by atoms with Crippen LogP contribution in [-0.2, 0) is 14.9 Å². The summed E-state index contributed by atoms with van der Waals surface area (Å²) in [6.45, 7) is 1.33. The zero-order valence-electron chi connectivity index (χ0n) is 11.0. The Morgan fingerprint density at radius 1 is 1.14 bits per heavy atom. The molecule has 2 rings (SSSR count). The normalized spacial score (nSPS) is 11.0. The molecular formula is C14H12BrNO4S. The van der Waals surface area contributed by atoms with Gasteiger partial charge in [-0.2, -0.15) is 8.42 Å². The van der Waals surface area contributed by atoms with Crippen LogP contribution in [0.4, 0.5) is 5.69 Å². The van der Waals surface area contributed by atoms with E-state index in [-0.39, 0.29) is 16.6 Å². The molecule has 0 unspecified atom stereocenters. The van der Waals surface area contributed by atoms with Crippen molar-refractivity contribution in [2.45, 2.75) is 11.8 Å². The molecule has 5 nitrogen and oxygen atoms in total. The lowest BCUT2D eigenvalue weighted by Gasteiger charge is -2.11. The van der Waals surface area contributed by atoms with E-state index >= 15 is 0 Å². The van der Waals surface area contributed by atoms with Crippen LogP contribution in [0.2, 0.25) is 0 Å². The van der Waals surface area contributed by atoms with Crippen LogP contribution in [0.1, 0.15) is 6.92 Å². The molecule has 0 heterocycles. The maximum Gasteiger partial charge on any atom is 0.339 e. The van der Waals surface area contributed by atoms with Crippen LogP contribution in [0.5, 0.6) is 5.75 Å². The average Bonchev–Trinajstić information content (AvgIpc) is 2.40. The minimum atomic E-state index is -3.98. The van der Waals surface area contributed by atoms with Crippen molar-refractivity contribution < 1.29 is 17.4 Å². The molecule has 0 saturated carbocycles. The highest BCUT2D eigenvalue weighted by Crippen LogP contribution is 2.28. The summed E-state index contributed by atoms with van der Waals surface area (Å²) in [5.41, 5.74) is 0.295. The van der Waals surface area contributed by atoms with Gasteiger partial charge in [-0.1, -0.05) is 34.1 Å². The van der Waals surface area contributed by atoms with Gasteiger partial charge in [0.05, 0.1) is 5.69 Å². The number of nitrogens with one attached hydrogen (secondary N) is 1. The van der Waals surface area contributed by atoms with E-state index < -0.39 is 10.1 Å². The number of carbonyl (C=O) groups excluding carboxylic acids is 1. The number of anilines is 1. The lowest BCUT2D eigenvalue weighted by Crippen LogP contribution is -2.13. The molecule has 2 aromatic rings. The predicted octanol–water partition coefficient (Wildman–Crippen LogP) is 3.18. The molecule has 21 heavy (non-hydrogen) atoms. The van der Waals surface area contributed by atoms with Gasteiger partial charge in [-0.15, -0.1) is 0 Å². The predicted molar refractivity (Wildman–Crippen MR) is 82.7 cm³/mol. The zero-order chi connectivity index (χ0) is 15.5. The van der Waals surface area contributed by atoms with E-state index in [0.29, 0.717) is 10.2 Å². The molecule has 7 heteroatoms. The molecule has 0 aliphatic rings. The summed E-state index contributed by atoms with van der Waals surface area (Å²) in [4.78, 5) is 11.1. The second-order valence-corrected chi connectivity index (χ2v) is 6.63. The van der Waals surface area contributed by atoms with Gasteiger partial charge in [-0.25, -0.2) is 0 Å². The molecule has 0 fully saturated rings. The van der Waals surface area contributed by atoms with Gasteiger partial charge in [0.1, 0.15) is 4.90 Å². The van der Waals surface area contributed by atoms with Crippen molar-refractivity contribution >= 4 is 37.6 Å². The van der Waals surface area contributed by atoms with Gasteiger partial charge in [0.25, 0.3) is 0 Å². The maximum absolute atomic E-state index is 12.2. The summed E-state index contributed by atoms with van der Waals surface area (Å²) < 4.78 is 30.2. The van der Waals surface area contributed by atoms with Gasteiger partial charge in [0.2, 0.25) is 5.91 Å². The standard InChI is InChI=1S/C14H12BrNO4S/c1-10(17)16-13-7-2-3-8-14(13)20-21(18,19)12-6-4-5-11(15)9-12/h2-9H,1H3,(H,16,17). The Hall–Kier alpha value is -1.86. The maximum atomic E-state index is 12.2. The lowest BCUT2D eigenvalue weighted by molar-refractivity contribution is -0.114. The van der Waals surface area contributed by atoms with Crippen molar-refractivity contribution in [1.82, 2.24) is 0 Å². The summed E-state index contributed by atoms with van der Waals surface area (Å²) in [5, 5.41) is 2.52. The smallest absolute Gasteiger partial charge is 0.339 e. The van der Waals surface area contributed by atoms with Crippen LogP contribution in [0.3, 0.4) is 0 Å². The van der Waals surface area contributed by atoms with E-state index in [4.69, 9.17) is 4.18 Å². The van der Waals surface area contributed by atoms with Gasteiger partial charge in [-0.3, -0.25) is 4.79 Å². The first-order valence-electron chi connectivity index (χ1n) is 5.95. The Balaban J connectivity index is 2.35. The Bertz CT molecular complexity index is 774. The fourth-order valence-electron chi connectivity index (χ4n) is 1.62. The van der Waals surface area contributed by atoms with Crippen LogP contribution in [0, 0.1) is 0 Å². The quantitative estimate of drug-likeness (QED) is 0.840. The van der Waals surface area contributed by atoms with E-state index in [0.717, 1.165) is 0 Å². The molecule has 0 bridgehead atoms. The number of hydrogen-bond donors (Lipinski definition) is 1. The van der Waals surface area contributed by atoms with Crippen molar-refractivity contribution in [3.63, 3.8) is 0 Å².